The molecule has 0 bridgehead atoms. The number of rotatable bonds is 5. The predicted molar refractivity (Wildman–Crippen MR) is 54.8 cm³/mol. The van der Waals surface area contributed by atoms with Gasteiger partial charge in [0.2, 0.25) is 5.91 Å². The fourth-order valence-electron chi connectivity index (χ4n) is 1.69. The highest BCUT2D eigenvalue weighted by atomic mass is 16.5. The van der Waals surface area contributed by atoms with Crippen LogP contribution in [-0.4, -0.2) is 43.2 Å². The highest BCUT2D eigenvalue weighted by Crippen LogP contribution is 2.08. The van der Waals surface area contributed by atoms with Gasteiger partial charge in [-0.05, 0) is 19.4 Å². The second kappa shape index (κ2) is 6.38. The Morgan fingerprint density at radius 2 is 2.40 bits per heavy atom. The summed E-state index contributed by atoms with van der Waals surface area (Å²) in [5.41, 5.74) is 5.28. The zero-order valence-electron chi connectivity index (χ0n) is 8.82. The number of nitrogens with zero attached hydrogens (tertiary/aromatic N) is 2. The van der Waals surface area contributed by atoms with Crippen LogP contribution in [0.5, 0.6) is 0 Å². The molecule has 84 valence electrons. The van der Waals surface area contributed by atoms with Crippen molar-refractivity contribution in [1.82, 2.24) is 4.90 Å². The van der Waals surface area contributed by atoms with Crippen molar-refractivity contribution in [2.75, 3.05) is 26.3 Å². The van der Waals surface area contributed by atoms with Crippen LogP contribution in [-0.2, 0) is 9.53 Å². The third-order valence-corrected chi connectivity index (χ3v) is 2.55. The quantitative estimate of drug-likeness (QED) is 0.642. The highest BCUT2D eigenvalue weighted by Gasteiger charge is 2.26. The lowest BCUT2D eigenvalue weighted by atomic mass is 10.2. The van der Waals surface area contributed by atoms with Gasteiger partial charge in [0.05, 0.1) is 19.3 Å². The topological polar surface area (TPSA) is 79.3 Å². The average Bonchev–Trinajstić information content (AvgIpc) is 2.25. The molecule has 0 saturated carbocycles. The molecule has 0 spiro atoms. The predicted octanol–water partition coefficient (Wildman–Crippen LogP) is -0.134. The summed E-state index contributed by atoms with van der Waals surface area (Å²) in [6.45, 7) is 2.62. The second-order valence-electron chi connectivity index (χ2n) is 3.64. The first-order chi connectivity index (χ1) is 7.25. The van der Waals surface area contributed by atoms with E-state index < -0.39 is 0 Å². The van der Waals surface area contributed by atoms with Gasteiger partial charge < -0.3 is 10.5 Å². The summed E-state index contributed by atoms with van der Waals surface area (Å²) in [4.78, 5) is 13.1. The van der Waals surface area contributed by atoms with E-state index in [1.54, 1.807) is 0 Å². The molecule has 2 N–H and O–H groups in total. The zero-order chi connectivity index (χ0) is 11.1. The van der Waals surface area contributed by atoms with E-state index in [1.807, 2.05) is 4.90 Å². The van der Waals surface area contributed by atoms with Gasteiger partial charge in [-0.1, -0.05) is 0 Å². The number of carbonyl (C=O) groups is 1. The average molecular weight is 211 g/mol. The Kier molecular flexibility index (Phi) is 5.08. The number of nitriles is 1. The molecule has 1 rings (SSSR count). The lowest BCUT2D eigenvalue weighted by Gasteiger charge is -2.33. The normalized spacial score (nSPS) is 22.2. The molecule has 1 saturated heterocycles. The maximum atomic E-state index is 11.1. The molecule has 1 aliphatic rings. The Morgan fingerprint density at radius 3 is 3.07 bits per heavy atom. The van der Waals surface area contributed by atoms with Crippen LogP contribution < -0.4 is 5.73 Å². The molecule has 0 aromatic rings. The summed E-state index contributed by atoms with van der Waals surface area (Å²) < 4.78 is 5.21. The third-order valence-electron chi connectivity index (χ3n) is 2.55. The van der Waals surface area contributed by atoms with Crippen LogP contribution in [0.15, 0.2) is 0 Å². The maximum Gasteiger partial charge on any atom is 0.237 e. The fraction of sp³-hybridized carbons (Fsp3) is 0.800. The van der Waals surface area contributed by atoms with Gasteiger partial charge in [0.25, 0.3) is 0 Å². The van der Waals surface area contributed by atoms with Crippen molar-refractivity contribution in [2.24, 2.45) is 5.73 Å². The number of amides is 1. The van der Waals surface area contributed by atoms with E-state index in [0.29, 0.717) is 19.6 Å². The zero-order valence-corrected chi connectivity index (χ0v) is 8.82. The van der Waals surface area contributed by atoms with Crippen molar-refractivity contribution in [3.63, 3.8) is 0 Å². The molecular formula is C10H17N3O2. The van der Waals surface area contributed by atoms with Gasteiger partial charge in [0, 0.05) is 13.0 Å². The number of ether oxygens (including phenoxy) is 1. The van der Waals surface area contributed by atoms with Crippen molar-refractivity contribution < 1.29 is 9.53 Å². The number of hydrogen-bond acceptors (Lipinski definition) is 4. The monoisotopic (exact) mass is 211 g/mol. The Bertz CT molecular complexity index is 250. The van der Waals surface area contributed by atoms with E-state index in [4.69, 9.17) is 15.7 Å². The Hall–Kier alpha value is -1.12. The van der Waals surface area contributed by atoms with Crippen LogP contribution in [0.25, 0.3) is 0 Å². The minimum absolute atomic E-state index is 0.291. The van der Waals surface area contributed by atoms with Crippen LogP contribution in [0.2, 0.25) is 0 Å². The largest absolute Gasteiger partial charge is 0.378 e. The molecule has 15 heavy (non-hydrogen) atoms. The van der Waals surface area contributed by atoms with Gasteiger partial charge in [0.15, 0.2) is 0 Å². The molecule has 0 aliphatic carbocycles. The van der Waals surface area contributed by atoms with Crippen LogP contribution in [0.4, 0.5) is 0 Å². The summed E-state index contributed by atoms with van der Waals surface area (Å²) >= 11 is 0. The lowest BCUT2D eigenvalue weighted by molar-refractivity contribution is -0.129. The number of carbonyl (C=O) groups excluding carboxylic acids is 1. The molecule has 5 heteroatoms. The van der Waals surface area contributed by atoms with E-state index in [-0.39, 0.29) is 11.9 Å². The lowest BCUT2D eigenvalue weighted by Crippen LogP contribution is -2.52. The van der Waals surface area contributed by atoms with Crippen LogP contribution in [0.1, 0.15) is 19.3 Å². The molecule has 1 aliphatic heterocycles. The number of primary amides is 1. The van der Waals surface area contributed by atoms with E-state index in [9.17, 15) is 4.79 Å². The Labute approximate surface area is 89.8 Å². The first kappa shape index (κ1) is 12.0. The van der Waals surface area contributed by atoms with Crippen LogP contribution >= 0.6 is 0 Å². The SMILES string of the molecule is N#CCCCCN1CCOCC1C(N)=O. The Morgan fingerprint density at radius 1 is 1.60 bits per heavy atom. The molecular weight excluding hydrogens is 194 g/mol. The van der Waals surface area contributed by atoms with E-state index >= 15 is 0 Å². The number of unbranched alkanes of at least 4 members (excludes halogenated alkanes) is 2. The van der Waals surface area contributed by atoms with E-state index in [1.165, 1.54) is 0 Å². The smallest absolute Gasteiger partial charge is 0.237 e. The molecule has 1 atom stereocenters. The Balaban J connectivity index is 2.30. The highest BCUT2D eigenvalue weighted by molar-refractivity contribution is 5.80. The molecule has 1 unspecified atom stereocenters. The minimum Gasteiger partial charge on any atom is -0.378 e. The fourth-order valence-corrected chi connectivity index (χ4v) is 1.69. The van der Waals surface area contributed by atoms with Gasteiger partial charge in [-0.15, -0.1) is 0 Å². The molecule has 0 aromatic carbocycles. The molecule has 5 nitrogen and oxygen atoms in total. The van der Waals surface area contributed by atoms with Gasteiger partial charge in [-0.25, -0.2) is 0 Å². The molecule has 1 amide bonds. The minimum atomic E-state index is -0.324. The summed E-state index contributed by atoms with van der Waals surface area (Å²) in [5.74, 6) is -0.324. The maximum absolute atomic E-state index is 11.1. The van der Waals surface area contributed by atoms with Crippen LogP contribution in [0, 0.1) is 11.3 Å². The molecule has 0 aromatic heterocycles. The van der Waals surface area contributed by atoms with Gasteiger partial charge in [-0.2, -0.15) is 5.26 Å². The summed E-state index contributed by atoms with van der Waals surface area (Å²) in [5, 5.41) is 8.39. The summed E-state index contributed by atoms with van der Waals surface area (Å²) in [7, 11) is 0. The number of hydrogen-bond donors (Lipinski definition) is 1. The van der Waals surface area contributed by atoms with Crippen molar-refractivity contribution in [3.05, 3.63) is 0 Å². The van der Waals surface area contributed by atoms with Gasteiger partial charge in [0.1, 0.15) is 6.04 Å². The van der Waals surface area contributed by atoms with Crippen molar-refractivity contribution >= 4 is 5.91 Å². The standard InChI is InChI=1S/C10H17N3O2/c11-4-2-1-3-5-13-6-7-15-8-9(13)10(12)14/h9H,1-3,5-8H2,(H2,12,14). The third kappa shape index (κ3) is 3.86. The van der Waals surface area contributed by atoms with Gasteiger partial charge in [-0.3, -0.25) is 9.69 Å². The van der Waals surface area contributed by atoms with E-state index in [0.717, 1.165) is 25.9 Å². The van der Waals surface area contributed by atoms with Gasteiger partial charge >= 0.3 is 0 Å². The second-order valence-corrected chi connectivity index (χ2v) is 3.64. The van der Waals surface area contributed by atoms with Crippen molar-refractivity contribution in [2.45, 2.75) is 25.3 Å². The first-order valence-corrected chi connectivity index (χ1v) is 5.23. The summed E-state index contributed by atoms with van der Waals surface area (Å²) in [6, 6.07) is 1.81. The molecule has 1 fully saturated rings. The molecule has 0 radical (unpaired) electrons. The van der Waals surface area contributed by atoms with Crippen molar-refractivity contribution in [3.8, 4) is 6.07 Å². The van der Waals surface area contributed by atoms with Crippen molar-refractivity contribution in [1.29, 1.82) is 5.26 Å². The number of nitrogens with two attached hydrogens (primary N) is 1. The number of morpholine rings is 1. The first-order valence-electron chi connectivity index (χ1n) is 5.23. The van der Waals surface area contributed by atoms with Crippen LogP contribution in [0.3, 0.4) is 0 Å². The summed E-state index contributed by atoms with van der Waals surface area (Å²) in [6.07, 6.45) is 2.38. The molecule has 1 heterocycles. The van der Waals surface area contributed by atoms with E-state index in [2.05, 4.69) is 6.07 Å².